The summed E-state index contributed by atoms with van der Waals surface area (Å²) in [4.78, 5) is 24.6. The van der Waals surface area contributed by atoms with Crippen molar-refractivity contribution in [3.05, 3.63) is 114 Å². The van der Waals surface area contributed by atoms with Crippen LogP contribution in [0.15, 0.2) is 103 Å². The monoisotopic (exact) mass is 393 g/mol. The summed E-state index contributed by atoms with van der Waals surface area (Å²) >= 11 is 0. The van der Waals surface area contributed by atoms with Crippen molar-refractivity contribution in [3.8, 4) is 22.3 Å². The van der Waals surface area contributed by atoms with Gasteiger partial charge in [0.2, 0.25) is 0 Å². The Morgan fingerprint density at radius 1 is 0.600 bits per heavy atom. The molecule has 4 aromatic rings. The van der Waals surface area contributed by atoms with Crippen molar-refractivity contribution in [3.63, 3.8) is 0 Å². The normalized spacial score (nSPS) is 10.4. The molecule has 0 saturated carbocycles. The number of amides is 1. The maximum Gasteiger partial charge on any atom is 0.337 e. The molecular weight excluding hydrogens is 374 g/mol. The Morgan fingerprint density at radius 3 is 1.77 bits per heavy atom. The summed E-state index contributed by atoms with van der Waals surface area (Å²) in [5.74, 6) is -1.46. The summed E-state index contributed by atoms with van der Waals surface area (Å²) < 4.78 is 0. The Morgan fingerprint density at radius 2 is 1.17 bits per heavy atom. The van der Waals surface area contributed by atoms with Crippen molar-refractivity contribution in [2.75, 3.05) is 5.32 Å². The van der Waals surface area contributed by atoms with Gasteiger partial charge in [-0.1, -0.05) is 78.9 Å². The molecule has 0 unspecified atom stereocenters. The number of hydrogen-bond donors (Lipinski definition) is 2. The number of nitrogens with one attached hydrogen (secondary N) is 1. The molecule has 0 fully saturated rings. The number of carboxylic acids is 1. The lowest BCUT2D eigenvalue weighted by atomic mass is 10.0. The molecule has 2 N–H and O–H groups in total. The third kappa shape index (κ3) is 4.13. The summed E-state index contributed by atoms with van der Waals surface area (Å²) in [6, 6.07) is 31.6. The maximum atomic E-state index is 12.9. The fourth-order valence-electron chi connectivity index (χ4n) is 3.31. The highest BCUT2D eigenvalue weighted by atomic mass is 16.4. The lowest BCUT2D eigenvalue weighted by molar-refractivity contribution is 0.0698. The minimum absolute atomic E-state index is 0.0437. The van der Waals surface area contributed by atoms with Crippen LogP contribution in [0.25, 0.3) is 22.3 Å². The van der Waals surface area contributed by atoms with Crippen molar-refractivity contribution in [1.82, 2.24) is 0 Å². The average molecular weight is 393 g/mol. The molecule has 0 spiro atoms. The Bertz CT molecular complexity index is 1200. The number of benzene rings is 4. The number of carboxylic acid groups (broad SMARTS) is 1. The quantitative estimate of drug-likeness (QED) is 0.439. The van der Waals surface area contributed by atoms with Crippen LogP contribution in [0.5, 0.6) is 0 Å². The number of hydrogen-bond acceptors (Lipinski definition) is 2. The van der Waals surface area contributed by atoms with E-state index in [-0.39, 0.29) is 17.2 Å². The van der Waals surface area contributed by atoms with Gasteiger partial charge in [-0.3, -0.25) is 4.79 Å². The van der Waals surface area contributed by atoms with E-state index in [0.29, 0.717) is 5.56 Å². The minimum atomic E-state index is -1.09. The average Bonchev–Trinajstić information content (AvgIpc) is 2.80. The van der Waals surface area contributed by atoms with Gasteiger partial charge in [-0.2, -0.15) is 0 Å². The molecule has 1 amide bonds. The van der Waals surface area contributed by atoms with Crippen molar-refractivity contribution in [2.45, 2.75) is 0 Å². The second-order valence-electron chi connectivity index (χ2n) is 6.83. The van der Waals surface area contributed by atoms with Crippen molar-refractivity contribution >= 4 is 17.6 Å². The van der Waals surface area contributed by atoms with Crippen LogP contribution in [0.1, 0.15) is 20.7 Å². The molecule has 0 aliphatic carbocycles. The van der Waals surface area contributed by atoms with Crippen LogP contribution in [0.3, 0.4) is 0 Å². The molecule has 4 rings (SSSR count). The van der Waals surface area contributed by atoms with Gasteiger partial charge in [0.25, 0.3) is 5.91 Å². The van der Waals surface area contributed by atoms with Crippen LogP contribution in [-0.2, 0) is 0 Å². The number of rotatable bonds is 5. The molecule has 0 radical (unpaired) electrons. The van der Waals surface area contributed by atoms with Crippen LogP contribution in [0.4, 0.5) is 5.69 Å². The predicted octanol–water partition coefficient (Wildman–Crippen LogP) is 5.97. The van der Waals surface area contributed by atoms with Crippen LogP contribution >= 0.6 is 0 Å². The number of carbonyl (C=O) groups excluding carboxylic acids is 1. The molecule has 4 aromatic carbocycles. The van der Waals surface area contributed by atoms with Gasteiger partial charge in [-0.15, -0.1) is 0 Å². The largest absolute Gasteiger partial charge is 0.478 e. The van der Waals surface area contributed by atoms with Crippen molar-refractivity contribution < 1.29 is 14.7 Å². The number of anilines is 1. The summed E-state index contributed by atoms with van der Waals surface area (Å²) in [6.45, 7) is 0. The molecule has 0 bridgehead atoms. The third-order valence-corrected chi connectivity index (χ3v) is 4.84. The van der Waals surface area contributed by atoms with E-state index < -0.39 is 5.97 Å². The van der Waals surface area contributed by atoms with Crippen LogP contribution in [0, 0.1) is 0 Å². The second-order valence-corrected chi connectivity index (χ2v) is 6.83. The van der Waals surface area contributed by atoms with Gasteiger partial charge in [0.1, 0.15) is 0 Å². The fourth-order valence-corrected chi connectivity index (χ4v) is 3.31. The van der Waals surface area contributed by atoms with E-state index >= 15 is 0 Å². The first-order chi connectivity index (χ1) is 14.6. The first-order valence-electron chi connectivity index (χ1n) is 9.51. The molecular formula is C26H19NO3. The maximum absolute atomic E-state index is 12.9. The molecule has 0 aromatic heterocycles. The van der Waals surface area contributed by atoms with Crippen LogP contribution in [0.2, 0.25) is 0 Å². The van der Waals surface area contributed by atoms with Gasteiger partial charge in [0, 0.05) is 5.56 Å². The van der Waals surface area contributed by atoms with Gasteiger partial charge >= 0.3 is 5.97 Å². The van der Waals surface area contributed by atoms with E-state index in [2.05, 4.69) is 5.32 Å². The molecule has 146 valence electrons. The van der Waals surface area contributed by atoms with E-state index in [1.807, 2.05) is 72.8 Å². The molecule has 4 heteroatoms. The van der Waals surface area contributed by atoms with Gasteiger partial charge in [-0.25, -0.2) is 4.79 Å². The van der Waals surface area contributed by atoms with Gasteiger partial charge < -0.3 is 10.4 Å². The highest BCUT2D eigenvalue weighted by Gasteiger charge is 2.15. The lowest BCUT2D eigenvalue weighted by Crippen LogP contribution is -2.15. The second kappa shape index (κ2) is 8.45. The predicted molar refractivity (Wildman–Crippen MR) is 119 cm³/mol. The van der Waals surface area contributed by atoms with E-state index in [0.717, 1.165) is 22.3 Å². The molecule has 0 atom stereocenters. The first kappa shape index (κ1) is 19.2. The Labute approximate surface area is 174 Å². The number of aromatic carboxylic acids is 1. The smallest absolute Gasteiger partial charge is 0.337 e. The number of carbonyl (C=O) groups is 2. The zero-order chi connectivity index (χ0) is 20.9. The first-order valence-corrected chi connectivity index (χ1v) is 9.51. The van der Waals surface area contributed by atoms with Gasteiger partial charge in [-0.05, 0) is 46.5 Å². The summed E-state index contributed by atoms with van der Waals surface area (Å²) in [5, 5.41) is 12.3. The molecule has 0 aliphatic rings. The summed E-state index contributed by atoms with van der Waals surface area (Å²) in [5.41, 5.74) is 4.45. The van der Waals surface area contributed by atoms with E-state index in [1.54, 1.807) is 24.3 Å². The molecule has 0 saturated heterocycles. The topological polar surface area (TPSA) is 66.4 Å². The van der Waals surface area contributed by atoms with Gasteiger partial charge in [0.05, 0.1) is 11.3 Å². The van der Waals surface area contributed by atoms with E-state index in [9.17, 15) is 14.7 Å². The highest BCUT2D eigenvalue weighted by Crippen LogP contribution is 2.27. The molecule has 30 heavy (non-hydrogen) atoms. The zero-order valence-electron chi connectivity index (χ0n) is 16.1. The molecule has 0 heterocycles. The molecule has 0 aliphatic heterocycles. The SMILES string of the molecule is O=C(Nc1cc(-c2ccccc2)ccc1C(=O)O)c1cccc(-c2ccccc2)c1. The van der Waals surface area contributed by atoms with Gasteiger partial charge in [0.15, 0.2) is 0 Å². The lowest BCUT2D eigenvalue weighted by Gasteiger charge is -2.12. The zero-order valence-corrected chi connectivity index (χ0v) is 16.1. The minimum Gasteiger partial charge on any atom is -0.478 e. The standard InChI is InChI=1S/C26H19NO3/c28-25(22-13-7-12-20(16-22)18-8-3-1-4-9-18)27-24-17-21(14-15-23(24)26(29)30)19-10-5-2-6-11-19/h1-17H,(H,27,28)(H,29,30). The van der Waals surface area contributed by atoms with Crippen molar-refractivity contribution in [2.24, 2.45) is 0 Å². The van der Waals surface area contributed by atoms with E-state index in [1.165, 1.54) is 6.07 Å². The Balaban J connectivity index is 1.66. The fraction of sp³-hybridized carbons (Fsp3) is 0. The van der Waals surface area contributed by atoms with Crippen molar-refractivity contribution in [1.29, 1.82) is 0 Å². The summed E-state index contributed by atoms with van der Waals surface area (Å²) in [7, 11) is 0. The Kier molecular flexibility index (Phi) is 5.39. The van der Waals surface area contributed by atoms with Crippen LogP contribution in [-0.4, -0.2) is 17.0 Å². The summed E-state index contributed by atoms with van der Waals surface area (Å²) in [6.07, 6.45) is 0. The van der Waals surface area contributed by atoms with E-state index in [4.69, 9.17) is 0 Å². The Hall–Kier alpha value is -4.18. The third-order valence-electron chi connectivity index (χ3n) is 4.84. The molecule has 4 nitrogen and oxygen atoms in total. The van der Waals surface area contributed by atoms with Crippen LogP contribution < -0.4 is 5.32 Å². The highest BCUT2D eigenvalue weighted by molar-refractivity contribution is 6.08.